The van der Waals surface area contributed by atoms with Gasteiger partial charge in [-0.25, -0.2) is 4.39 Å². The summed E-state index contributed by atoms with van der Waals surface area (Å²) in [5.41, 5.74) is 0.839. The predicted molar refractivity (Wildman–Crippen MR) is 78.1 cm³/mol. The third-order valence-corrected chi connectivity index (χ3v) is 3.48. The summed E-state index contributed by atoms with van der Waals surface area (Å²) in [6.07, 6.45) is 1.58. The monoisotopic (exact) mass is 292 g/mol. The number of hydrogen-bond donors (Lipinski definition) is 2. The smallest absolute Gasteiger partial charge is 0.303 e. The standard InChI is InChI=1S/C16H21FN2O2/c1-16(2,6-5-15(20)21)7-8-19-11-13-9-12(10-18)3-4-14(13)17/h3-4,9,19H,5-8,11H2,1-2H3,(H,20,21). The molecule has 0 bridgehead atoms. The quantitative estimate of drug-likeness (QED) is 0.722. The van der Waals surface area contributed by atoms with Crippen molar-refractivity contribution in [1.29, 1.82) is 5.26 Å². The first-order valence-electron chi connectivity index (χ1n) is 6.95. The number of nitriles is 1. The molecule has 4 nitrogen and oxygen atoms in total. The fraction of sp³-hybridized carbons (Fsp3) is 0.500. The highest BCUT2D eigenvalue weighted by Crippen LogP contribution is 2.26. The van der Waals surface area contributed by atoms with E-state index in [0.29, 0.717) is 30.6 Å². The SMILES string of the molecule is CC(C)(CCNCc1cc(C#N)ccc1F)CCC(=O)O. The van der Waals surface area contributed by atoms with E-state index in [-0.39, 0.29) is 17.7 Å². The van der Waals surface area contributed by atoms with Crippen molar-refractivity contribution in [1.82, 2.24) is 5.32 Å². The summed E-state index contributed by atoms with van der Waals surface area (Å²) in [6, 6.07) is 6.28. The second kappa shape index (κ2) is 7.75. The Balaban J connectivity index is 2.40. The van der Waals surface area contributed by atoms with Crippen LogP contribution in [-0.4, -0.2) is 17.6 Å². The average molecular weight is 292 g/mol. The van der Waals surface area contributed by atoms with Gasteiger partial charge < -0.3 is 10.4 Å². The Morgan fingerprint density at radius 3 is 2.76 bits per heavy atom. The molecule has 114 valence electrons. The Labute approximate surface area is 124 Å². The highest BCUT2D eigenvalue weighted by molar-refractivity contribution is 5.66. The minimum absolute atomic E-state index is 0.0710. The fourth-order valence-corrected chi connectivity index (χ4v) is 2.00. The van der Waals surface area contributed by atoms with E-state index in [0.717, 1.165) is 6.42 Å². The molecule has 0 saturated heterocycles. The van der Waals surface area contributed by atoms with Gasteiger partial charge >= 0.3 is 5.97 Å². The maximum atomic E-state index is 13.6. The number of aliphatic carboxylic acids is 1. The van der Waals surface area contributed by atoms with Crippen molar-refractivity contribution in [3.8, 4) is 6.07 Å². The van der Waals surface area contributed by atoms with Gasteiger partial charge in [0.1, 0.15) is 5.82 Å². The Bertz CT molecular complexity index is 536. The molecule has 21 heavy (non-hydrogen) atoms. The zero-order valence-electron chi connectivity index (χ0n) is 12.4. The summed E-state index contributed by atoms with van der Waals surface area (Å²) in [4.78, 5) is 10.6. The Hall–Kier alpha value is -1.93. The summed E-state index contributed by atoms with van der Waals surface area (Å²) in [7, 11) is 0. The molecule has 0 aliphatic carbocycles. The number of carboxylic acids is 1. The minimum atomic E-state index is -0.786. The van der Waals surface area contributed by atoms with Crippen LogP contribution in [0.2, 0.25) is 0 Å². The number of nitrogens with one attached hydrogen (secondary N) is 1. The average Bonchev–Trinajstić information content (AvgIpc) is 2.43. The summed E-state index contributed by atoms with van der Waals surface area (Å²) in [5, 5.41) is 20.6. The van der Waals surface area contributed by atoms with Crippen molar-refractivity contribution < 1.29 is 14.3 Å². The fourth-order valence-electron chi connectivity index (χ4n) is 2.00. The lowest BCUT2D eigenvalue weighted by atomic mass is 9.84. The number of carbonyl (C=O) groups is 1. The first-order valence-corrected chi connectivity index (χ1v) is 6.95. The van der Waals surface area contributed by atoms with E-state index in [9.17, 15) is 9.18 Å². The molecule has 0 atom stereocenters. The Morgan fingerprint density at radius 2 is 2.14 bits per heavy atom. The highest BCUT2D eigenvalue weighted by atomic mass is 19.1. The summed E-state index contributed by atoms with van der Waals surface area (Å²) in [6.45, 7) is 5.07. The number of halogens is 1. The molecular weight excluding hydrogens is 271 g/mol. The van der Waals surface area contributed by atoms with E-state index in [1.807, 2.05) is 19.9 Å². The van der Waals surface area contributed by atoms with Gasteiger partial charge in [0.25, 0.3) is 0 Å². The van der Waals surface area contributed by atoms with E-state index in [1.165, 1.54) is 18.2 Å². The summed E-state index contributed by atoms with van der Waals surface area (Å²) < 4.78 is 13.6. The molecule has 1 aromatic carbocycles. The van der Waals surface area contributed by atoms with Gasteiger partial charge in [0.15, 0.2) is 0 Å². The normalized spacial score (nSPS) is 11.1. The van der Waals surface area contributed by atoms with Crippen LogP contribution in [0.1, 0.15) is 44.2 Å². The van der Waals surface area contributed by atoms with Gasteiger partial charge in [-0.2, -0.15) is 5.26 Å². The Kier molecular flexibility index (Phi) is 6.32. The number of hydrogen-bond acceptors (Lipinski definition) is 3. The van der Waals surface area contributed by atoms with Gasteiger partial charge in [-0.1, -0.05) is 13.8 Å². The largest absolute Gasteiger partial charge is 0.481 e. The molecule has 2 N–H and O–H groups in total. The third kappa shape index (κ3) is 6.37. The van der Waals surface area contributed by atoms with Crippen LogP contribution >= 0.6 is 0 Å². The molecule has 0 radical (unpaired) electrons. The van der Waals surface area contributed by atoms with Gasteiger partial charge in [0.2, 0.25) is 0 Å². The molecule has 1 rings (SSSR count). The van der Waals surface area contributed by atoms with Crippen LogP contribution in [0.15, 0.2) is 18.2 Å². The van der Waals surface area contributed by atoms with Gasteiger partial charge in [-0.3, -0.25) is 4.79 Å². The van der Waals surface area contributed by atoms with Gasteiger partial charge in [-0.05, 0) is 43.0 Å². The second-order valence-electron chi connectivity index (χ2n) is 5.90. The van der Waals surface area contributed by atoms with E-state index >= 15 is 0 Å². The number of rotatable bonds is 8. The molecule has 0 spiro atoms. The molecular formula is C16H21FN2O2. The maximum absolute atomic E-state index is 13.6. The molecule has 1 aromatic rings. The van der Waals surface area contributed by atoms with Crippen LogP contribution < -0.4 is 5.32 Å². The zero-order chi connectivity index (χ0) is 15.9. The Morgan fingerprint density at radius 1 is 1.43 bits per heavy atom. The van der Waals surface area contributed by atoms with Crippen LogP contribution in [0, 0.1) is 22.6 Å². The molecule has 0 aliphatic rings. The molecule has 0 heterocycles. The van der Waals surface area contributed by atoms with Crippen LogP contribution in [0.25, 0.3) is 0 Å². The first-order chi connectivity index (χ1) is 9.84. The van der Waals surface area contributed by atoms with E-state index < -0.39 is 5.97 Å². The number of nitrogens with zero attached hydrogens (tertiary/aromatic N) is 1. The molecule has 0 unspecified atom stereocenters. The minimum Gasteiger partial charge on any atom is -0.481 e. The van der Waals surface area contributed by atoms with Gasteiger partial charge in [0, 0.05) is 18.5 Å². The lowest BCUT2D eigenvalue weighted by molar-refractivity contribution is -0.137. The van der Waals surface area contributed by atoms with Crippen LogP contribution in [-0.2, 0) is 11.3 Å². The van der Waals surface area contributed by atoms with Crippen molar-refractivity contribution in [3.63, 3.8) is 0 Å². The van der Waals surface area contributed by atoms with E-state index in [1.54, 1.807) is 0 Å². The second-order valence-corrected chi connectivity index (χ2v) is 5.90. The van der Waals surface area contributed by atoms with Crippen molar-refractivity contribution in [2.75, 3.05) is 6.54 Å². The first kappa shape index (κ1) is 17.1. The lowest BCUT2D eigenvalue weighted by Crippen LogP contribution is -2.23. The predicted octanol–water partition coefficient (Wildman–Crippen LogP) is 3.07. The lowest BCUT2D eigenvalue weighted by Gasteiger charge is -2.23. The van der Waals surface area contributed by atoms with Crippen molar-refractivity contribution in [3.05, 3.63) is 35.1 Å². The molecule has 5 heteroatoms. The van der Waals surface area contributed by atoms with Crippen LogP contribution in [0.3, 0.4) is 0 Å². The van der Waals surface area contributed by atoms with Crippen molar-refractivity contribution in [2.24, 2.45) is 5.41 Å². The van der Waals surface area contributed by atoms with Crippen molar-refractivity contribution in [2.45, 2.75) is 39.7 Å². The highest BCUT2D eigenvalue weighted by Gasteiger charge is 2.18. The molecule has 0 saturated carbocycles. The summed E-state index contributed by atoms with van der Waals surface area (Å²) >= 11 is 0. The molecule has 0 fully saturated rings. The van der Waals surface area contributed by atoms with E-state index in [4.69, 9.17) is 10.4 Å². The summed E-state index contributed by atoms with van der Waals surface area (Å²) in [5.74, 6) is -1.11. The van der Waals surface area contributed by atoms with Gasteiger partial charge in [0.05, 0.1) is 11.6 Å². The van der Waals surface area contributed by atoms with Crippen LogP contribution in [0.4, 0.5) is 4.39 Å². The molecule has 0 aromatic heterocycles. The zero-order valence-corrected chi connectivity index (χ0v) is 12.4. The number of benzene rings is 1. The topological polar surface area (TPSA) is 73.1 Å². The van der Waals surface area contributed by atoms with Crippen molar-refractivity contribution >= 4 is 5.97 Å². The molecule has 0 amide bonds. The van der Waals surface area contributed by atoms with Crippen LogP contribution in [0.5, 0.6) is 0 Å². The van der Waals surface area contributed by atoms with E-state index in [2.05, 4.69) is 5.32 Å². The maximum Gasteiger partial charge on any atom is 0.303 e. The number of carboxylic acid groups (broad SMARTS) is 1. The molecule has 0 aliphatic heterocycles. The van der Waals surface area contributed by atoms with Gasteiger partial charge in [-0.15, -0.1) is 0 Å². The third-order valence-electron chi connectivity index (χ3n) is 3.48.